The first-order chi connectivity index (χ1) is 17.9. The third-order valence-corrected chi connectivity index (χ3v) is 13.2. The molecule has 8 atom stereocenters. The fraction of sp³-hybridized carbons (Fsp3) is 0.567. The van der Waals surface area contributed by atoms with Gasteiger partial charge in [-0.05, 0) is 79.8 Å². The predicted molar refractivity (Wildman–Crippen MR) is 140 cm³/mol. The van der Waals surface area contributed by atoms with Crippen LogP contribution in [0.5, 0.6) is 5.75 Å². The Labute approximate surface area is 224 Å². The van der Waals surface area contributed by atoms with Gasteiger partial charge in [0.05, 0.1) is 23.4 Å². The number of fused-ring (bicyclic) bond motifs is 3. The SMILES string of the molecule is COc1ccc2c(c1)CC[C@@H]1[C@@H]2CC[C@@]2(C)[C@@]13[C@H](S(=O)(=O)c1ccccc1)C[C@]2(OC(C)=O)[C@@](C)(O)[C@H]3O. The number of carbonyl (C=O) groups is 1. The summed E-state index contributed by atoms with van der Waals surface area (Å²) in [5.41, 5.74) is -3.20. The number of hydrogen-bond acceptors (Lipinski definition) is 7. The third-order valence-electron chi connectivity index (χ3n) is 10.9. The summed E-state index contributed by atoms with van der Waals surface area (Å²) in [6, 6.07) is 14.4. The van der Waals surface area contributed by atoms with Gasteiger partial charge in [-0.25, -0.2) is 8.42 Å². The third kappa shape index (κ3) is 2.81. The van der Waals surface area contributed by atoms with Gasteiger partial charge in [-0.2, -0.15) is 0 Å². The molecule has 0 saturated heterocycles. The number of carbonyl (C=O) groups excluding carboxylic acids is 1. The lowest BCUT2D eigenvalue weighted by atomic mass is 9.47. The summed E-state index contributed by atoms with van der Waals surface area (Å²) in [5, 5.41) is 23.2. The van der Waals surface area contributed by atoms with Crippen molar-refractivity contribution in [2.45, 2.75) is 86.2 Å². The van der Waals surface area contributed by atoms with E-state index in [2.05, 4.69) is 6.07 Å². The van der Waals surface area contributed by atoms with Crippen LogP contribution in [0.2, 0.25) is 0 Å². The summed E-state index contributed by atoms with van der Waals surface area (Å²) >= 11 is 0. The summed E-state index contributed by atoms with van der Waals surface area (Å²) in [4.78, 5) is 12.7. The molecule has 0 aliphatic heterocycles. The molecule has 2 bridgehead atoms. The molecule has 0 amide bonds. The molecule has 4 aliphatic rings. The van der Waals surface area contributed by atoms with E-state index in [-0.39, 0.29) is 23.2 Å². The van der Waals surface area contributed by atoms with Crippen molar-refractivity contribution in [2.24, 2.45) is 16.7 Å². The number of benzene rings is 2. The maximum Gasteiger partial charge on any atom is 0.303 e. The number of hydrogen-bond donors (Lipinski definition) is 2. The fourth-order valence-corrected chi connectivity index (χ4v) is 12.0. The van der Waals surface area contributed by atoms with E-state index in [4.69, 9.17) is 9.47 Å². The highest BCUT2D eigenvalue weighted by Gasteiger charge is 2.90. The quantitative estimate of drug-likeness (QED) is 0.568. The average molecular weight is 541 g/mol. The first-order valence-electron chi connectivity index (χ1n) is 13.4. The van der Waals surface area contributed by atoms with E-state index >= 15 is 0 Å². The Kier molecular flexibility index (Phi) is 5.48. The van der Waals surface area contributed by atoms with E-state index in [1.54, 1.807) is 37.4 Å². The van der Waals surface area contributed by atoms with E-state index in [1.807, 2.05) is 19.1 Å². The van der Waals surface area contributed by atoms with Crippen molar-refractivity contribution in [3.05, 3.63) is 59.7 Å². The first kappa shape index (κ1) is 25.8. The molecule has 4 aliphatic carbocycles. The van der Waals surface area contributed by atoms with Gasteiger partial charge in [-0.15, -0.1) is 0 Å². The number of esters is 1. The molecule has 2 aromatic carbocycles. The van der Waals surface area contributed by atoms with Crippen molar-refractivity contribution in [1.29, 1.82) is 0 Å². The lowest BCUT2D eigenvalue weighted by Crippen LogP contribution is -2.65. The van der Waals surface area contributed by atoms with Crippen LogP contribution in [0.25, 0.3) is 0 Å². The van der Waals surface area contributed by atoms with E-state index in [9.17, 15) is 23.4 Å². The van der Waals surface area contributed by atoms with Crippen molar-refractivity contribution in [1.82, 2.24) is 0 Å². The molecule has 2 N–H and O–H groups in total. The fourth-order valence-electron chi connectivity index (χ4n) is 9.59. The van der Waals surface area contributed by atoms with Crippen LogP contribution in [0.15, 0.2) is 53.4 Å². The van der Waals surface area contributed by atoms with Crippen LogP contribution in [-0.4, -0.2) is 54.3 Å². The van der Waals surface area contributed by atoms with E-state index < -0.39 is 49.2 Å². The largest absolute Gasteiger partial charge is 0.497 e. The molecular formula is C30H36O7S. The number of aliphatic hydroxyl groups excluding tert-OH is 1. The number of sulfone groups is 1. The van der Waals surface area contributed by atoms with Gasteiger partial charge in [0, 0.05) is 24.2 Å². The van der Waals surface area contributed by atoms with Crippen LogP contribution in [0, 0.1) is 16.7 Å². The molecule has 3 saturated carbocycles. The van der Waals surface area contributed by atoms with Crippen LogP contribution in [0.3, 0.4) is 0 Å². The van der Waals surface area contributed by atoms with Crippen molar-refractivity contribution in [3.63, 3.8) is 0 Å². The molecule has 8 heteroatoms. The zero-order chi connectivity index (χ0) is 27.3. The van der Waals surface area contributed by atoms with Gasteiger partial charge < -0.3 is 19.7 Å². The average Bonchev–Trinajstić information content (AvgIpc) is 3.20. The molecule has 38 heavy (non-hydrogen) atoms. The number of aliphatic hydroxyl groups is 2. The number of methoxy groups -OCH3 is 1. The van der Waals surface area contributed by atoms with Gasteiger partial charge in [0.1, 0.15) is 11.4 Å². The smallest absolute Gasteiger partial charge is 0.303 e. The minimum absolute atomic E-state index is 0.00267. The first-order valence-corrected chi connectivity index (χ1v) is 15.0. The van der Waals surface area contributed by atoms with Crippen molar-refractivity contribution in [3.8, 4) is 5.75 Å². The Balaban J connectivity index is 1.61. The second-order valence-corrected chi connectivity index (χ2v) is 14.3. The summed E-state index contributed by atoms with van der Waals surface area (Å²) in [6.45, 7) is 4.75. The second kappa shape index (κ2) is 8.05. The lowest BCUT2D eigenvalue weighted by molar-refractivity contribution is -0.218. The normalized spacial score (nSPS) is 41.1. The lowest BCUT2D eigenvalue weighted by Gasteiger charge is -2.58. The predicted octanol–water partition coefficient (Wildman–Crippen LogP) is 3.80. The highest BCUT2D eigenvalue weighted by Crippen LogP contribution is 2.81. The topological polar surface area (TPSA) is 110 Å². The van der Waals surface area contributed by atoms with Crippen molar-refractivity contribution >= 4 is 15.8 Å². The van der Waals surface area contributed by atoms with Crippen LogP contribution in [0.1, 0.15) is 63.5 Å². The van der Waals surface area contributed by atoms with Crippen LogP contribution in [-0.2, 0) is 25.8 Å². The molecule has 2 aromatic rings. The number of rotatable bonds is 4. The summed E-state index contributed by atoms with van der Waals surface area (Å²) < 4.78 is 40.4. The monoisotopic (exact) mass is 540 g/mol. The van der Waals surface area contributed by atoms with Crippen molar-refractivity contribution in [2.75, 3.05) is 7.11 Å². The van der Waals surface area contributed by atoms with E-state index in [0.717, 1.165) is 17.7 Å². The summed E-state index contributed by atoms with van der Waals surface area (Å²) in [6.07, 6.45) is 1.17. The van der Waals surface area contributed by atoms with Crippen LogP contribution >= 0.6 is 0 Å². The maximum atomic E-state index is 14.5. The van der Waals surface area contributed by atoms with Gasteiger partial charge in [-0.1, -0.05) is 31.2 Å². The number of ether oxygens (including phenoxy) is 2. The van der Waals surface area contributed by atoms with Gasteiger partial charge >= 0.3 is 5.97 Å². The molecule has 7 nitrogen and oxygen atoms in total. The molecule has 204 valence electrons. The molecule has 6 rings (SSSR count). The van der Waals surface area contributed by atoms with E-state index in [0.29, 0.717) is 19.3 Å². The van der Waals surface area contributed by atoms with Gasteiger partial charge in [0.25, 0.3) is 0 Å². The van der Waals surface area contributed by atoms with Crippen LogP contribution in [0.4, 0.5) is 0 Å². The molecule has 3 fully saturated rings. The zero-order valence-electron chi connectivity index (χ0n) is 22.3. The van der Waals surface area contributed by atoms with Gasteiger partial charge in [-0.3, -0.25) is 4.79 Å². The summed E-state index contributed by atoms with van der Waals surface area (Å²) in [7, 11) is -2.32. The Bertz CT molecular complexity index is 1400. The molecule has 0 heterocycles. The van der Waals surface area contributed by atoms with Gasteiger partial charge in [0.15, 0.2) is 15.4 Å². The minimum Gasteiger partial charge on any atom is -0.497 e. The van der Waals surface area contributed by atoms with Crippen molar-refractivity contribution < 1.29 is 32.9 Å². The van der Waals surface area contributed by atoms with Gasteiger partial charge in [0.2, 0.25) is 0 Å². The molecule has 0 unspecified atom stereocenters. The highest BCUT2D eigenvalue weighted by molar-refractivity contribution is 7.92. The Hall–Kier alpha value is -2.42. The van der Waals surface area contributed by atoms with E-state index in [1.165, 1.54) is 19.4 Å². The van der Waals surface area contributed by atoms with Crippen LogP contribution < -0.4 is 4.74 Å². The maximum absolute atomic E-state index is 14.5. The molecular weight excluding hydrogens is 504 g/mol. The highest BCUT2D eigenvalue weighted by atomic mass is 32.2. The Morgan fingerprint density at radius 2 is 1.79 bits per heavy atom. The number of aryl methyl sites for hydroxylation is 1. The second-order valence-electron chi connectivity index (χ2n) is 12.1. The minimum atomic E-state index is -3.97. The summed E-state index contributed by atoms with van der Waals surface area (Å²) in [5.74, 6) is -0.0329. The Morgan fingerprint density at radius 3 is 2.45 bits per heavy atom. The Morgan fingerprint density at radius 1 is 1.08 bits per heavy atom. The molecule has 0 spiro atoms. The standard InChI is InChI=1S/C30H36O7S/c1-18(31)37-29-17-25(38(34,35)21-8-6-5-7-9-21)30(26(32)28(29,3)33)24-13-10-19-16-20(36-4)11-12-22(19)23(24)14-15-27(29,30)2/h5-9,11-12,16,23-26,32-33H,10,13-15,17H2,1-4H3/t23-,24-,25-,26-,27-,28+,29-,30-/m1/s1. The molecule has 0 aromatic heterocycles. The zero-order valence-corrected chi connectivity index (χ0v) is 23.1. The molecule has 0 radical (unpaired) electrons.